The van der Waals surface area contributed by atoms with Crippen molar-refractivity contribution < 1.29 is 87.4 Å². The molecule has 7 rings (SSSR count). The number of quaternary nitrogens is 1. The molecule has 3 aliphatic rings. The first-order valence-electron chi connectivity index (χ1n) is 15.1. The first-order chi connectivity index (χ1) is 26.2. The van der Waals surface area contributed by atoms with Crippen molar-refractivity contribution in [3.05, 3.63) is 77.6 Å². The van der Waals surface area contributed by atoms with Crippen molar-refractivity contribution in [3.63, 3.8) is 0 Å². The Morgan fingerprint density at radius 3 is 1.72 bits per heavy atom. The highest BCUT2D eigenvalue weighted by Gasteiger charge is 2.68. The van der Waals surface area contributed by atoms with Crippen LogP contribution >= 0.6 is 0 Å². The van der Waals surface area contributed by atoms with Gasteiger partial charge in [0.25, 0.3) is 45.3 Å². The van der Waals surface area contributed by atoms with Gasteiger partial charge in [0.2, 0.25) is 0 Å². The van der Waals surface area contributed by atoms with Gasteiger partial charge in [0.1, 0.15) is 25.6 Å². The fraction of sp³-hybridized carbons (Fsp3) is 0.143. The second kappa shape index (κ2) is 12.9. The highest BCUT2D eigenvalue weighted by molar-refractivity contribution is 7.88. The summed E-state index contributed by atoms with van der Waals surface area (Å²) in [5.41, 5.74) is -7.14. The normalized spacial score (nSPS) is 21.5. The van der Waals surface area contributed by atoms with Crippen LogP contribution < -0.4 is 15.1 Å². The zero-order valence-corrected chi connectivity index (χ0v) is 33.5. The molecule has 312 valence electrons. The van der Waals surface area contributed by atoms with Crippen LogP contribution in [0.1, 0.15) is 26.9 Å². The zero-order valence-electron chi connectivity index (χ0n) is 28.6. The number of aromatic nitrogens is 1. The van der Waals surface area contributed by atoms with Crippen molar-refractivity contribution in [2.75, 3.05) is 17.7 Å². The van der Waals surface area contributed by atoms with Gasteiger partial charge in [0, 0.05) is 35.6 Å². The number of nitrogens with zero attached hydrogens (tertiary/aromatic N) is 2. The number of fused-ring (bicyclic) bond motifs is 3. The minimum absolute atomic E-state index is 0.0362. The average Bonchev–Trinajstić information content (AvgIpc) is 3.47. The molecule has 0 fully saturated rings. The van der Waals surface area contributed by atoms with Gasteiger partial charge in [0.15, 0.2) is 10.6 Å². The standard InChI is InChI=1S/C28H24N4O20S6/c1-31-7-3-4-19(31)26(33)32(2)20-12-22(54(38,39)40)13-10-23(55(41,42)43)17(8-14(13)25(20)57(47,48)49)29-27(34)30-18-9-15-16(11-24(18)56(44,45)46)28(32,58(50,51)52)6-5-21(15)53(35,36)37/h3-12,21H,1-2H3,(H7-,29,30,34,35,36,37,38,39,40,41,42,43,44,45,46,47,48,49,50,51,52)/p+1. The van der Waals surface area contributed by atoms with E-state index in [0.717, 1.165) is 29.9 Å². The van der Waals surface area contributed by atoms with Crippen LogP contribution in [-0.4, -0.2) is 101 Å². The molecule has 3 aromatic carbocycles. The Balaban J connectivity index is 2.10. The van der Waals surface area contributed by atoms with Crippen molar-refractivity contribution in [2.24, 2.45) is 7.05 Å². The lowest BCUT2D eigenvalue weighted by Crippen LogP contribution is -2.68. The summed E-state index contributed by atoms with van der Waals surface area (Å²) >= 11 is 0. The molecule has 24 nitrogen and oxygen atoms in total. The summed E-state index contributed by atoms with van der Waals surface area (Å²) in [5.74, 6) is -1.72. The van der Waals surface area contributed by atoms with Gasteiger partial charge in [-0.05, 0) is 48.0 Å². The predicted octanol–water partition coefficient (Wildman–Crippen LogP) is 1.14. The minimum Gasteiger partial charge on any atom is -0.343 e. The second-order valence-electron chi connectivity index (χ2n) is 12.8. The van der Waals surface area contributed by atoms with Gasteiger partial charge >= 0.3 is 32.2 Å². The monoisotopic (exact) mass is 929 g/mol. The molecule has 4 aromatic rings. The van der Waals surface area contributed by atoms with E-state index < -0.39 is 151 Å². The van der Waals surface area contributed by atoms with Gasteiger partial charge in [-0.3, -0.25) is 27.3 Å². The van der Waals surface area contributed by atoms with Crippen LogP contribution in [0.4, 0.5) is 21.9 Å². The van der Waals surface area contributed by atoms with E-state index in [9.17, 15) is 82.6 Å². The third kappa shape index (κ3) is 6.50. The molecule has 0 saturated carbocycles. The first kappa shape index (κ1) is 42.9. The highest BCUT2D eigenvalue weighted by Crippen LogP contribution is 2.55. The Morgan fingerprint density at radius 1 is 0.724 bits per heavy atom. The number of benzene rings is 3. The van der Waals surface area contributed by atoms with Crippen LogP contribution in [0.3, 0.4) is 0 Å². The van der Waals surface area contributed by atoms with Crippen LogP contribution in [0.25, 0.3) is 10.8 Å². The maximum Gasteiger partial charge on any atom is 0.369 e. The summed E-state index contributed by atoms with van der Waals surface area (Å²) in [6.45, 7) is 0. The van der Waals surface area contributed by atoms with Gasteiger partial charge in [-0.1, -0.05) is 6.08 Å². The number of nitrogens with one attached hydrogen (secondary N) is 2. The Kier molecular flexibility index (Phi) is 9.54. The summed E-state index contributed by atoms with van der Waals surface area (Å²) < 4.78 is 221. The Bertz CT molecular complexity index is 3310. The van der Waals surface area contributed by atoms with E-state index >= 15 is 4.79 Å². The highest BCUT2D eigenvalue weighted by atomic mass is 32.2. The SMILES string of the molecule is Cn1cccc1C(=O)[N+]1(C)c2cc(S(=O)(=O)O)c3cc(S(=O)(=O)O)c(cc3c2S(=O)(=O)O)NC(=O)Nc2cc3c(cc2S(=O)(=O)O)C1(S(=O)(=O)O)C=CC3S(=O)(=O)O. The van der Waals surface area contributed by atoms with Crippen molar-refractivity contribution in [1.29, 1.82) is 0 Å². The molecule has 3 amide bonds. The Labute approximate surface area is 327 Å². The number of amides is 3. The number of likely N-dealkylation sites (N-methyl/N-ethyl adjacent to an activating group) is 1. The number of hydrogen-bond acceptors (Lipinski definition) is 14. The van der Waals surface area contributed by atoms with E-state index in [2.05, 4.69) is 0 Å². The van der Waals surface area contributed by atoms with E-state index in [-0.39, 0.29) is 30.3 Å². The van der Waals surface area contributed by atoms with Crippen LogP contribution in [0, 0.1) is 0 Å². The number of hydrogen-bond donors (Lipinski definition) is 8. The fourth-order valence-corrected chi connectivity index (χ4v) is 12.2. The van der Waals surface area contributed by atoms with Gasteiger partial charge in [0.05, 0.1) is 18.4 Å². The molecule has 1 aliphatic carbocycles. The second-order valence-corrected chi connectivity index (χ2v) is 21.5. The number of urea groups is 1. The van der Waals surface area contributed by atoms with E-state index in [0.29, 0.717) is 19.2 Å². The van der Waals surface area contributed by atoms with Crippen LogP contribution in [0.5, 0.6) is 0 Å². The summed E-state index contributed by atoms with van der Waals surface area (Å²) in [6, 6.07) is 1.23. The van der Waals surface area contributed by atoms with E-state index in [1.807, 2.05) is 0 Å². The predicted molar refractivity (Wildman–Crippen MR) is 196 cm³/mol. The summed E-state index contributed by atoms with van der Waals surface area (Å²) in [5, 5.41) is -1.40. The number of anilines is 2. The molecule has 3 unspecified atom stereocenters. The quantitative estimate of drug-likeness (QED) is 0.0731. The van der Waals surface area contributed by atoms with Crippen LogP contribution in [-0.2, 0) is 72.6 Å². The Hall–Kier alpha value is -4.70. The lowest BCUT2D eigenvalue weighted by molar-refractivity contribution is 0.0709. The molecule has 0 saturated heterocycles. The number of aryl methyl sites for hydroxylation is 1. The average molecular weight is 930 g/mol. The molecule has 2 aliphatic heterocycles. The minimum atomic E-state index is -6.40. The molecule has 3 atom stereocenters. The van der Waals surface area contributed by atoms with Gasteiger partial charge in [-0.15, -0.1) is 0 Å². The number of rotatable bonds is 7. The fourth-order valence-electron chi connectivity index (χ4n) is 7.10. The molecular weight excluding hydrogens is 905 g/mol. The summed E-state index contributed by atoms with van der Waals surface area (Å²) in [7, 11) is -33.8. The van der Waals surface area contributed by atoms with Gasteiger partial charge in [-0.25, -0.2) is 9.59 Å². The summed E-state index contributed by atoms with van der Waals surface area (Å²) in [6.07, 6.45) is 1.65. The third-order valence-corrected chi connectivity index (χ3v) is 15.7. The van der Waals surface area contributed by atoms with Gasteiger partial charge in [-0.2, -0.15) is 55.0 Å². The van der Waals surface area contributed by atoms with E-state index in [4.69, 9.17) is 0 Å². The molecule has 3 heterocycles. The van der Waals surface area contributed by atoms with Gasteiger partial charge < -0.3 is 15.2 Å². The van der Waals surface area contributed by atoms with Crippen LogP contribution in [0.2, 0.25) is 0 Å². The lowest BCUT2D eigenvalue weighted by Gasteiger charge is -2.47. The molecule has 0 radical (unpaired) electrons. The topological polar surface area (TPSA) is 389 Å². The zero-order chi connectivity index (χ0) is 43.7. The number of carbonyl (C=O) groups is 2. The third-order valence-electron chi connectivity index (χ3n) is 9.49. The molecular formula is C28H25N4O20S6+. The van der Waals surface area contributed by atoms with Crippen LogP contribution in [0.15, 0.2) is 80.4 Å². The summed E-state index contributed by atoms with van der Waals surface area (Å²) in [4.78, 5) is 18.3. The van der Waals surface area contributed by atoms with Crippen molar-refractivity contribution in [1.82, 2.24) is 9.05 Å². The molecule has 58 heavy (non-hydrogen) atoms. The number of carbonyl (C=O) groups excluding carboxylic acids is 2. The molecule has 7 bridgehead atoms. The Morgan fingerprint density at radius 2 is 1.26 bits per heavy atom. The first-order valence-corrected chi connectivity index (χ1v) is 23.8. The van der Waals surface area contributed by atoms with Crippen molar-refractivity contribution >= 4 is 100 Å². The lowest BCUT2D eigenvalue weighted by atomic mass is 9.87. The van der Waals surface area contributed by atoms with Crippen molar-refractivity contribution in [3.8, 4) is 0 Å². The smallest absolute Gasteiger partial charge is 0.343 e. The molecule has 30 heteroatoms. The molecule has 1 aromatic heterocycles. The largest absolute Gasteiger partial charge is 0.369 e. The van der Waals surface area contributed by atoms with E-state index in [1.54, 1.807) is 10.6 Å². The van der Waals surface area contributed by atoms with E-state index in [1.165, 1.54) is 0 Å². The molecule has 8 N–H and O–H groups in total. The maximum atomic E-state index is 15.2. The molecule has 0 spiro atoms. The van der Waals surface area contributed by atoms with Crippen molar-refractivity contribution in [2.45, 2.75) is 29.7 Å². The maximum absolute atomic E-state index is 15.2.